The van der Waals surface area contributed by atoms with Crippen LogP contribution in [-0.4, -0.2) is 27.2 Å². The number of ether oxygens (including phenoxy) is 1. The normalized spacial score (nSPS) is 13.9. The molecule has 0 amide bonds. The van der Waals surface area contributed by atoms with Gasteiger partial charge in [0.15, 0.2) is 6.04 Å². The van der Waals surface area contributed by atoms with E-state index >= 15 is 0 Å². The Morgan fingerprint density at radius 3 is 1.97 bits per heavy atom. The molecule has 0 bridgehead atoms. The van der Waals surface area contributed by atoms with Crippen molar-refractivity contribution in [1.29, 1.82) is 0 Å². The SMILES string of the molecule is Cc1cc(C)c(S(=O)(=O)NC(COc2cc(F)cc(C(F)(F)F)c2)C(F)(F)F)c(C)c1. The van der Waals surface area contributed by atoms with Crippen LogP contribution in [-0.2, 0) is 16.2 Å². The molecule has 0 aliphatic heterocycles. The van der Waals surface area contributed by atoms with E-state index in [1.165, 1.54) is 30.7 Å². The lowest BCUT2D eigenvalue weighted by Gasteiger charge is -2.23. The van der Waals surface area contributed by atoms with E-state index in [0.29, 0.717) is 17.7 Å². The van der Waals surface area contributed by atoms with E-state index < -0.39 is 52.2 Å². The smallest absolute Gasteiger partial charge is 0.416 e. The highest BCUT2D eigenvalue weighted by molar-refractivity contribution is 7.89. The molecule has 31 heavy (non-hydrogen) atoms. The Morgan fingerprint density at radius 1 is 0.935 bits per heavy atom. The monoisotopic (exact) mass is 473 g/mol. The van der Waals surface area contributed by atoms with Crippen molar-refractivity contribution in [3.8, 4) is 5.75 Å². The first kappa shape index (κ1) is 24.9. The lowest BCUT2D eigenvalue weighted by atomic mass is 10.1. The molecule has 2 aromatic rings. The van der Waals surface area contributed by atoms with Gasteiger partial charge in [0.1, 0.15) is 18.2 Å². The highest BCUT2D eigenvalue weighted by Crippen LogP contribution is 2.33. The predicted molar refractivity (Wildman–Crippen MR) is 97.7 cm³/mol. The number of sulfonamides is 1. The number of nitrogens with one attached hydrogen (secondary N) is 1. The second kappa shape index (κ2) is 8.65. The zero-order valence-corrected chi connectivity index (χ0v) is 17.3. The number of benzene rings is 2. The molecule has 0 saturated heterocycles. The summed E-state index contributed by atoms with van der Waals surface area (Å²) in [6.07, 6.45) is -10.1. The Morgan fingerprint density at radius 2 is 1.48 bits per heavy atom. The molecule has 2 aromatic carbocycles. The first-order valence-electron chi connectivity index (χ1n) is 8.68. The van der Waals surface area contributed by atoms with Crippen LogP contribution in [0.15, 0.2) is 35.2 Å². The lowest BCUT2D eigenvalue weighted by molar-refractivity contribution is -0.157. The molecular formula is C19H18F7NO3S. The molecule has 0 spiro atoms. The van der Waals surface area contributed by atoms with Crippen LogP contribution in [0.1, 0.15) is 22.3 Å². The Balaban J connectivity index is 2.32. The van der Waals surface area contributed by atoms with Gasteiger partial charge in [-0.15, -0.1) is 0 Å². The molecule has 172 valence electrons. The second-order valence-electron chi connectivity index (χ2n) is 6.93. The van der Waals surface area contributed by atoms with E-state index in [0.717, 1.165) is 0 Å². The van der Waals surface area contributed by atoms with Crippen molar-refractivity contribution in [3.63, 3.8) is 0 Å². The highest BCUT2D eigenvalue weighted by atomic mass is 32.2. The average molecular weight is 473 g/mol. The molecule has 4 nitrogen and oxygen atoms in total. The summed E-state index contributed by atoms with van der Waals surface area (Å²) in [4.78, 5) is -0.350. The summed E-state index contributed by atoms with van der Waals surface area (Å²) in [7, 11) is -4.67. The number of halogens is 7. The van der Waals surface area contributed by atoms with Gasteiger partial charge in [-0.25, -0.2) is 12.8 Å². The maximum absolute atomic E-state index is 13.4. The van der Waals surface area contributed by atoms with Crippen molar-refractivity contribution in [3.05, 3.63) is 58.4 Å². The molecule has 2 rings (SSSR count). The Kier molecular flexibility index (Phi) is 6.96. The van der Waals surface area contributed by atoms with Crippen molar-refractivity contribution in [2.75, 3.05) is 6.61 Å². The predicted octanol–water partition coefficient (Wildman–Crippen LogP) is 5.06. The fourth-order valence-corrected chi connectivity index (χ4v) is 4.68. The molecule has 0 saturated carbocycles. The molecule has 0 aliphatic carbocycles. The van der Waals surface area contributed by atoms with E-state index in [4.69, 9.17) is 0 Å². The molecule has 0 heterocycles. The zero-order chi connectivity index (χ0) is 23.8. The van der Waals surface area contributed by atoms with Gasteiger partial charge in [0.2, 0.25) is 10.0 Å². The molecule has 0 aromatic heterocycles. The minimum Gasteiger partial charge on any atom is -0.491 e. The van der Waals surface area contributed by atoms with Crippen molar-refractivity contribution in [1.82, 2.24) is 4.72 Å². The number of hydrogen-bond acceptors (Lipinski definition) is 3. The lowest BCUT2D eigenvalue weighted by Crippen LogP contribution is -2.49. The summed E-state index contributed by atoms with van der Waals surface area (Å²) < 4.78 is 123. The summed E-state index contributed by atoms with van der Waals surface area (Å²) in [5, 5.41) is 0. The van der Waals surface area contributed by atoms with Crippen molar-refractivity contribution in [2.45, 2.75) is 44.1 Å². The van der Waals surface area contributed by atoms with Crippen LogP contribution in [0.5, 0.6) is 5.75 Å². The minimum absolute atomic E-state index is 0.153. The summed E-state index contributed by atoms with van der Waals surface area (Å²) in [6, 6.07) is 1.10. The standard InChI is InChI=1S/C19H18F7NO3S/c1-10-4-11(2)17(12(3)5-10)31(28,29)27-16(19(24,25)26)9-30-15-7-13(18(21,22)23)6-14(20)8-15/h4-8,16,27H,9H2,1-3H3. The summed E-state index contributed by atoms with van der Waals surface area (Å²) in [6.45, 7) is 3.11. The van der Waals surface area contributed by atoms with Crippen LogP contribution in [0.4, 0.5) is 30.7 Å². The van der Waals surface area contributed by atoms with Gasteiger partial charge in [-0.3, -0.25) is 0 Å². The van der Waals surface area contributed by atoms with Gasteiger partial charge in [0.05, 0.1) is 10.5 Å². The van der Waals surface area contributed by atoms with Crippen LogP contribution >= 0.6 is 0 Å². The molecule has 0 aliphatic rings. The third-order valence-electron chi connectivity index (χ3n) is 4.18. The van der Waals surface area contributed by atoms with Crippen LogP contribution in [0.25, 0.3) is 0 Å². The third-order valence-corrected chi connectivity index (χ3v) is 5.96. The molecule has 0 radical (unpaired) electrons. The Bertz CT molecular complexity index is 1040. The van der Waals surface area contributed by atoms with Crippen LogP contribution in [0.2, 0.25) is 0 Å². The maximum Gasteiger partial charge on any atom is 0.416 e. The number of aryl methyl sites for hydroxylation is 3. The quantitative estimate of drug-likeness (QED) is 0.597. The van der Waals surface area contributed by atoms with Gasteiger partial charge in [-0.2, -0.15) is 31.1 Å². The van der Waals surface area contributed by atoms with Crippen molar-refractivity contribution >= 4 is 10.0 Å². The van der Waals surface area contributed by atoms with E-state index in [-0.39, 0.29) is 22.1 Å². The van der Waals surface area contributed by atoms with Gasteiger partial charge in [-0.1, -0.05) is 17.7 Å². The topological polar surface area (TPSA) is 55.4 Å². The van der Waals surface area contributed by atoms with Crippen LogP contribution in [0.3, 0.4) is 0 Å². The molecule has 12 heteroatoms. The second-order valence-corrected chi connectivity index (χ2v) is 8.58. The Labute approximate surface area is 174 Å². The largest absolute Gasteiger partial charge is 0.491 e. The van der Waals surface area contributed by atoms with Crippen LogP contribution in [0, 0.1) is 26.6 Å². The average Bonchev–Trinajstić information content (AvgIpc) is 2.55. The maximum atomic E-state index is 13.4. The van der Waals surface area contributed by atoms with Gasteiger partial charge in [0.25, 0.3) is 0 Å². The number of hydrogen-bond donors (Lipinski definition) is 1. The molecule has 0 fully saturated rings. The van der Waals surface area contributed by atoms with Crippen molar-refractivity contribution < 1.29 is 43.9 Å². The Hall–Kier alpha value is -2.34. The summed E-state index contributed by atoms with van der Waals surface area (Å²) >= 11 is 0. The van der Waals surface area contributed by atoms with Gasteiger partial charge < -0.3 is 4.74 Å². The molecular weight excluding hydrogens is 455 g/mol. The first-order valence-corrected chi connectivity index (χ1v) is 10.2. The summed E-state index contributed by atoms with van der Waals surface area (Å²) in [5.41, 5.74) is -0.327. The fraction of sp³-hybridized carbons (Fsp3) is 0.368. The van der Waals surface area contributed by atoms with Gasteiger partial charge >= 0.3 is 12.4 Å². The molecule has 1 atom stereocenters. The number of alkyl halides is 6. The van der Waals surface area contributed by atoms with E-state index in [9.17, 15) is 39.2 Å². The van der Waals surface area contributed by atoms with E-state index in [1.807, 2.05) is 0 Å². The molecule has 1 N–H and O–H groups in total. The summed E-state index contributed by atoms with van der Waals surface area (Å²) in [5.74, 6) is -2.21. The van der Waals surface area contributed by atoms with Crippen LogP contribution < -0.4 is 9.46 Å². The fourth-order valence-electron chi connectivity index (χ4n) is 3.02. The van der Waals surface area contributed by atoms with Crippen molar-refractivity contribution in [2.24, 2.45) is 0 Å². The number of rotatable bonds is 6. The van der Waals surface area contributed by atoms with Gasteiger partial charge in [0, 0.05) is 6.07 Å². The minimum atomic E-state index is -5.14. The molecule has 1 unspecified atom stereocenters. The van der Waals surface area contributed by atoms with E-state index in [1.54, 1.807) is 6.92 Å². The third kappa shape index (κ3) is 6.33. The zero-order valence-electron chi connectivity index (χ0n) is 16.4. The van der Waals surface area contributed by atoms with Gasteiger partial charge in [-0.05, 0) is 44.0 Å². The highest BCUT2D eigenvalue weighted by Gasteiger charge is 2.43. The van der Waals surface area contributed by atoms with E-state index in [2.05, 4.69) is 4.74 Å². The first-order chi connectivity index (χ1) is 14.0.